The number of benzene rings is 2. The Hall–Kier alpha value is -3.48. The van der Waals surface area contributed by atoms with Gasteiger partial charge in [0.15, 0.2) is 11.5 Å². The van der Waals surface area contributed by atoms with E-state index in [1.165, 1.54) is 17.7 Å². The molecule has 7 heteroatoms. The molecular formula is C25H22F2N2O3. The molecule has 1 N–H and O–H groups in total. The molecule has 5 rings (SSSR count). The normalized spacial score (nSPS) is 17.1. The summed E-state index contributed by atoms with van der Waals surface area (Å²) in [6.07, 6.45) is -1.49. The molecule has 0 radical (unpaired) electrons. The van der Waals surface area contributed by atoms with Crippen molar-refractivity contribution in [2.75, 3.05) is 5.32 Å². The lowest BCUT2D eigenvalue weighted by Gasteiger charge is -2.17. The van der Waals surface area contributed by atoms with Gasteiger partial charge in [0.1, 0.15) is 5.82 Å². The van der Waals surface area contributed by atoms with Gasteiger partial charge in [0.2, 0.25) is 5.91 Å². The highest BCUT2D eigenvalue weighted by Crippen LogP contribution is 2.52. The predicted molar refractivity (Wildman–Crippen MR) is 116 cm³/mol. The number of nitrogens with zero attached hydrogens (tertiary/aromatic N) is 1. The van der Waals surface area contributed by atoms with Crippen molar-refractivity contribution in [2.24, 2.45) is 0 Å². The number of ether oxygens (including phenoxy) is 2. The van der Waals surface area contributed by atoms with Crippen LogP contribution in [0, 0.1) is 6.92 Å². The first-order valence-corrected chi connectivity index (χ1v) is 10.6. The van der Waals surface area contributed by atoms with Crippen molar-refractivity contribution >= 4 is 11.7 Å². The third-order valence-electron chi connectivity index (χ3n) is 6.11. The van der Waals surface area contributed by atoms with Gasteiger partial charge in [-0.15, -0.1) is 8.78 Å². The Kier molecular flexibility index (Phi) is 4.65. The Labute approximate surface area is 184 Å². The molecule has 0 spiro atoms. The molecule has 3 aromatic rings. The van der Waals surface area contributed by atoms with Crippen LogP contribution in [0.25, 0.3) is 11.3 Å². The van der Waals surface area contributed by atoms with Crippen LogP contribution in [-0.2, 0) is 16.6 Å². The molecule has 1 aromatic heterocycles. The fourth-order valence-corrected chi connectivity index (χ4v) is 4.04. The molecule has 2 aliphatic rings. The van der Waals surface area contributed by atoms with Gasteiger partial charge >= 0.3 is 6.29 Å². The van der Waals surface area contributed by atoms with Gasteiger partial charge in [0.25, 0.3) is 0 Å². The van der Waals surface area contributed by atoms with Crippen molar-refractivity contribution in [3.05, 3.63) is 71.3 Å². The lowest BCUT2D eigenvalue weighted by molar-refractivity contribution is -0.286. The van der Waals surface area contributed by atoms with Crippen molar-refractivity contribution in [3.8, 4) is 22.8 Å². The second-order valence-electron chi connectivity index (χ2n) is 8.28. The molecule has 0 bridgehead atoms. The highest BCUT2D eigenvalue weighted by Gasteiger charge is 2.53. The van der Waals surface area contributed by atoms with E-state index in [1.54, 1.807) is 12.1 Å². The van der Waals surface area contributed by atoms with Crippen LogP contribution in [0.1, 0.15) is 36.5 Å². The maximum atomic E-state index is 13.3. The van der Waals surface area contributed by atoms with Crippen LogP contribution < -0.4 is 14.8 Å². The summed E-state index contributed by atoms with van der Waals surface area (Å²) in [5.41, 5.74) is 3.87. The predicted octanol–water partition coefficient (Wildman–Crippen LogP) is 5.61. The van der Waals surface area contributed by atoms with Crippen LogP contribution in [0.2, 0.25) is 0 Å². The molecule has 1 aliphatic heterocycles. The summed E-state index contributed by atoms with van der Waals surface area (Å²) < 4.78 is 35.7. The number of aryl methyl sites for hydroxylation is 2. The summed E-state index contributed by atoms with van der Waals surface area (Å²) in [5, 5.41) is 2.92. The molecule has 164 valence electrons. The molecule has 1 fully saturated rings. The van der Waals surface area contributed by atoms with E-state index in [0.29, 0.717) is 24.2 Å². The van der Waals surface area contributed by atoms with Gasteiger partial charge in [-0.25, -0.2) is 4.98 Å². The molecule has 1 amide bonds. The van der Waals surface area contributed by atoms with E-state index in [2.05, 4.69) is 38.8 Å². The van der Waals surface area contributed by atoms with E-state index in [1.807, 2.05) is 25.1 Å². The Balaban J connectivity index is 1.38. The number of fused-ring (bicyclic) bond motifs is 1. The topological polar surface area (TPSA) is 60.5 Å². The number of carbonyl (C=O) groups excluding carboxylic acids is 1. The van der Waals surface area contributed by atoms with Crippen molar-refractivity contribution in [2.45, 2.75) is 44.8 Å². The number of aromatic nitrogens is 1. The molecule has 1 saturated carbocycles. The zero-order valence-corrected chi connectivity index (χ0v) is 17.7. The molecule has 2 heterocycles. The Bertz CT molecular complexity index is 1200. The summed E-state index contributed by atoms with van der Waals surface area (Å²) in [4.78, 5) is 17.8. The minimum atomic E-state index is -3.68. The molecule has 0 unspecified atom stereocenters. The van der Waals surface area contributed by atoms with Crippen LogP contribution in [0.15, 0.2) is 54.6 Å². The van der Waals surface area contributed by atoms with Crippen molar-refractivity contribution in [3.63, 3.8) is 0 Å². The number of carbonyl (C=O) groups is 1. The van der Waals surface area contributed by atoms with Gasteiger partial charge in [-0.2, -0.15) is 0 Å². The van der Waals surface area contributed by atoms with Gasteiger partial charge in [-0.1, -0.05) is 43.3 Å². The fourth-order valence-electron chi connectivity index (χ4n) is 4.04. The number of pyridine rings is 1. The summed E-state index contributed by atoms with van der Waals surface area (Å²) >= 11 is 0. The fraction of sp³-hybridized carbons (Fsp3) is 0.280. The quantitative estimate of drug-likeness (QED) is 0.565. The second kappa shape index (κ2) is 7.29. The zero-order chi connectivity index (χ0) is 22.5. The summed E-state index contributed by atoms with van der Waals surface area (Å²) in [5.74, 6) is 0.146. The molecule has 0 atom stereocenters. The number of hydrogen-bond acceptors (Lipinski definition) is 4. The first-order valence-electron chi connectivity index (χ1n) is 10.6. The van der Waals surface area contributed by atoms with Crippen molar-refractivity contribution < 1.29 is 23.0 Å². The molecule has 2 aromatic carbocycles. The van der Waals surface area contributed by atoms with E-state index in [-0.39, 0.29) is 17.4 Å². The van der Waals surface area contributed by atoms with Gasteiger partial charge in [0, 0.05) is 5.56 Å². The number of amides is 1. The van der Waals surface area contributed by atoms with E-state index in [4.69, 9.17) is 0 Å². The molecule has 1 aliphatic carbocycles. The number of nitrogens with one attached hydrogen (secondary N) is 1. The van der Waals surface area contributed by atoms with Crippen LogP contribution in [-0.4, -0.2) is 17.2 Å². The average Bonchev–Trinajstić information content (AvgIpc) is 3.52. The van der Waals surface area contributed by atoms with E-state index in [9.17, 15) is 13.6 Å². The van der Waals surface area contributed by atoms with Crippen LogP contribution in [0.5, 0.6) is 11.5 Å². The van der Waals surface area contributed by atoms with E-state index in [0.717, 1.165) is 23.2 Å². The van der Waals surface area contributed by atoms with Gasteiger partial charge in [-0.3, -0.25) is 4.79 Å². The first kappa shape index (κ1) is 20.4. The standard InChI is InChI=1S/C25H22F2N2O3/c1-3-16-5-7-17(8-6-16)22-15(2)4-11-21(28-22)29-23(30)24(12-13-24)18-9-10-19-20(14-18)32-25(26,27)31-19/h4-11,14H,3,12-13H2,1-2H3,(H,28,29,30). The van der Waals surface area contributed by atoms with Crippen molar-refractivity contribution in [1.29, 1.82) is 0 Å². The number of halogens is 2. The van der Waals surface area contributed by atoms with Crippen LogP contribution >= 0.6 is 0 Å². The van der Waals surface area contributed by atoms with Crippen LogP contribution in [0.4, 0.5) is 14.6 Å². The van der Waals surface area contributed by atoms with Gasteiger partial charge in [-0.05, 0) is 61.1 Å². The van der Waals surface area contributed by atoms with Gasteiger partial charge < -0.3 is 14.8 Å². The number of hydrogen-bond donors (Lipinski definition) is 1. The number of anilines is 1. The van der Waals surface area contributed by atoms with E-state index >= 15 is 0 Å². The Morgan fingerprint density at radius 2 is 1.75 bits per heavy atom. The summed E-state index contributed by atoms with van der Waals surface area (Å²) in [6, 6.07) is 16.4. The summed E-state index contributed by atoms with van der Waals surface area (Å²) in [6.45, 7) is 4.08. The van der Waals surface area contributed by atoms with Crippen LogP contribution in [0.3, 0.4) is 0 Å². The minimum Gasteiger partial charge on any atom is -0.395 e. The zero-order valence-electron chi connectivity index (χ0n) is 17.7. The minimum absolute atomic E-state index is 0.0334. The smallest absolute Gasteiger partial charge is 0.395 e. The monoisotopic (exact) mass is 436 g/mol. The largest absolute Gasteiger partial charge is 0.586 e. The van der Waals surface area contributed by atoms with Gasteiger partial charge in [0.05, 0.1) is 11.1 Å². The first-order chi connectivity index (χ1) is 15.3. The molecule has 0 saturated heterocycles. The Morgan fingerprint density at radius 1 is 1.03 bits per heavy atom. The van der Waals surface area contributed by atoms with E-state index < -0.39 is 11.7 Å². The SMILES string of the molecule is CCc1ccc(-c2nc(NC(=O)C3(c4ccc5c(c4)OC(F)(F)O5)CC3)ccc2C)cc1. The lowest BCUT2D eigenvalue weighted by Crippen LogP contribution is -2.28. The number of alkyl halides is 2. The highest BCUT2D eigenvalue weighted by molar-refractivity contribution is 6.01. The maximum absolute atomic E-state index is 13.3. The average molecular weight is 436 g/mol. The second-order valence-corrected chi connectivity index (χ2v) is 8.28. The summed E-state index contributed by atoms with van der Waals surface area (Å²) in [7, 11) is 0. The van der Waals surface area contributed by atoms with Crippen molar-refractivity contribution in [1.82, 2.24) is 4.98 Å². The molecule has 5 nitrogen and oxygen atoms in total. The third-order valence-corrected chi connectivity index (χ3v) is 6.11. The third kappa shape index (κ3) is 3.57. The Morgan fingerprint density at radius 3 is 2.44 bits per heavy atom. The maximum Gasteiger partial charge on any atom is 0.586 e. The molecular weight excluding hydrogens is 414 g/mol. The molecule has 32 heavy (non-hydrogen) atoms. The number of rotatable bonds is 5. The highest BCUT2D eigenvalue weighted by atomic mass is 19.3. The lowest BCUT2D eigenvalue weighted by atomic mass is 9.94.